The normalized spacial score (nSPS) is 13.9. The highest BCUT2D eigenvalue weighted by Crippen LogP contribution is 2.37. The number of carbonyl (C=O) groups excluding carboxylic acids is 2. The summed E-state index contributed by atoms with van der Waals surface area (Å²) in [6, 6.07) is 18.1. The van der Waals surface area contributed by atoms with Crippen molar-refractivity contribution in [2.75, 3.05) is 10.2 Å². The third-order valence-electron chi connectivity index (χ3n) is 5.36. The van der Waals surface area contributed by atoms with Crippen LogP contribution in [-0.4, -0.2) is 11.8 Å². The molecule has 1 N–H and O–H groups in total. The Morgan fingerprint density at radius 1 is 0.839 bits per heavy atom. The van der Waals surface area contributed by atoms with Crippen LogP contribution in [0.5, 0.6) is 0 Å². The van der Waals surface area contributed by atoms with Crippen LogP contribution >= 0.6 is 23.2 Å². The molecule has 31 heavy (non-hydrogen) atoms. The average molecular weight is 451 g/mol. The second-order valence-electron chi connectivity index (χ2n) is 7.53. The van der Waals surface area contributed by atoms with Gasteiger partial charge in [-0.15, -0.1) is 0 Å². The second-order valence-corrected chi connectivity index (χ2v) is 8.37. The number of hydrogen-bond donors (Lipinski definition) is 1. The standard InChI is InChI=1S/C25H20Cl2N2O2/c1-14-7-10-17(11-8-14)22-23(28-20-6-4-5-19(27)16(20)3)25(31)29(24(22)30)21-13-18(26)12-9-15(21)2/h4-13,28H,1-3H3. The van der Waals surface area contributed by atoms with E-state index in [1.165, 1.54) is 4.90 Å². The predicted octanol–water partition coefficient (Wildman–Crippen LogP) is 6.32. The van der Waals surface area contributed by atoms with Gasteiger partial charge in [-0.25, -0.2) is 4.90 Å². The van der Waals surface area contributed by atoms with Gasteiger partial charge in [-0.1, -0.05) is 65.2 Å². The van der Waals surface area contributed by atoms with Gasteiger partial charge in [0, 0.05) is 15.7 Å². The van der Waals surface area contributed by atoms with Gasteiger partial charge in [-0.05, 0) is 61.7 Å². The minimum absolute atomic E-state index is 0.207. The fraction of sp³-hybridized carbons (Fsp3) is 0.120. The molecule has 0 spiro atoms. The molecule has 2 amide bonds. The van der Waals surface area contributed by atoms with Gasteiger partial charge in [0.15, 0.2) is 0 Å². The molecule has 1 heterocycles. The number of hydrogen-bond acceptors (Lipinski definition) is 3. The zero-order chi connectivity index (χ0) is 22.3. The maximum atomic E-state index is 13.6. The lowest BCUT2D eigenvalue weighted by molar-refractivity contribution is -0.120. The van der Waals surface area contributed by atoms with Crippen LogP contribution in [0.3, 0.4) is 0 Å². The van der Waals surface area contributed by atoms with E-state index in [1.807, 2.05) is 51.1 Å². The minimum atomic E-state index is -0.440. The number of nitrogens with zero attached hydrogens (tertiary/aromatic N) is 1. The maximum Gasteiger partial charge on any atom is 0.282 e. The molecule has 0 saturated heterocycles. The molecule has 0 bridgehead atoms. The van der Waals surface area contributed by atoms with Crippen molar-refractivity contribution in [3.05, 3.63) is 98.7 Å². The van der Waals surface area contributed by atoms with E-state index < -0.39 is 11.8 Å². The third kappa shape index (κ3) is 3.85. The van der Waals surface area contributed by atoms with Gasteiger partial charge in [0.05, 0.1) is 11.3 Å². The molecule has 0 aliphatic carbocycles. The lowest BCUT2D eigenvalue weighted by Crippen LogP contribution is -2.33. The van der Waals surface area contributed by atoms with Crippen LogP contribution in [0.4, 0.5) is 11.4 Å². The zero-order valence-corrected chi connectivity index (χ0v) is 18.8. The van der Waals surface area contributed by atoms with Crippen LogP contribution in [-0.2, 0) is 9.59 Å². The molecule has 4 rings (SSSR count). The van der Waals surface area contributed by atoms with E-state index in [2.05, 4.69) is 5.32 Å². The molecule has 156 valence electrons. The first kappa shape index (κ1) is 21.2. The van der Waals surface area contributed by atoms with E-state index in [4.69, 9.17) is 23.2 Å². The van der Waals surface area contributed by atoms with Gasteiger partial charge in [-0.2, -0.15) is 0 Å². The molecule has 0 fully saturated rings. The van der Waals surface area contributed by atoms with Crippen LogP contribution in [0.15, 0.2) is 66.4 Å². The van der Waals surface area contributed by atoms with Gasteiger partial charge < -0.3 is 5.32 Å². The molecule has 0 saturated carbocycles. The van der Waals surface area contributed by atoms with E-state index in [-0.39, 0.29) is 5.70 Å². The Bertz CT molecular complexity index is 1250. The van der Waals surface area contributed by atoms with Crippen LogP contribution in [0, 0.1) is 20.8 Å². The summed E-state index contributed by atoms with van der Waals surface area (Å²) in [6.45, 7) is 5.66. The number of amides is 2. The highest BCUT2D eigenvalue weighted by atomic mass is 35.5. The van der Waals surface area contributed by atoms with E-state index in [9.17, 15) is 9.59 Å². The summed E-state index contributed by atoms with van der Waals surface area (Å²) in [4.78, 5) is 28.3. The first-order chi connectivity index (χ1) is 14.8. The number of benzene rings is 3. The van der Waals surface area contributed by atoms with E-state index in [0.29, 0.717) is 32.6 Å². The lowest BCUT2D eigenvalue weighted by Gasteiger charge is -2.18. The van der Waals surface area contributed by atoms with Crippen molar-refractivity contribution >= 4 is 52.0 Å². The fourth-order valence-electron chi connectivity index (χ4n) is 3.55. The zero-order valence-electron chi connectivity index (χ0n) is 17.3. The van der Waals surface area contributed by atoms with E-state index >= 15 is 0 Å². The summed E-state index contributed by atoms with van der Waals surface area (Å²) < 4.78 is 0. The number of anilines is 2. The molecule has 0 unspecified atom stereocenters. The molecule has 6 heteroatoms. The summed E-state index contributed by atoms with van der Waals surface area (Å²) in [7, 11) is 0. The number of imide groups is 1. The molecule has 3 aromatic carbocycles. The van der Waals surface area contributed by atoms with Crippen molar-refractivity contribution in [2.45, 2.75) is 20.8 Å². The van der Waals surface area contributed by atoms with Crippen molar-refractivity contribution in [1.29, 1.82) is 0 Å². The molecular formula is C25H20Cl2N2O2. The smallest absolute Gasteiger partial charge is 0.282 e. The minimum Gasteiger partial charge on any atom is -0.350 e. The Morgan fingerprint density at radius 2 is 1.55 bits per heavy atom. The number of halogens is 2. The Kier molecular flexibility index (Phi) is 5.61. The Balaban J connectivity index is 1.88. The Labute approximate surface area is 191 Å². The molecule has 1 aliphatic rings. The number of rotatable bonds is 4. The highest BCUT2D eigenvalue weighted by Gasteiger charge is 2.41. The first-order valence-electron chi connectivity index (χ1n) is 9.76. The van der Waals surface area contributed by atoms with Gasteiger partial charge in [-0.3, -0.25) is 9.59 Å². The van der Waals surface area contributed by atoms with Crippen LogP contribution in [0.2, 0.25) is 10.0 Å². The second kappa shape index (κ2) is 8.22. The van der Waals surface area contributed by atoms with Crippen molar-refractivity contribution in [1.82, 2.24) is 0 Å². The largest absolute Gasteiger partial charge is 0.350 e. The molecule has 0 aromatic heterocycles. The van der Waals surface area contributed by atoms with Crippen LogP contribution in [0.1, 0.15) is 22.3 Å². The van der Waals surface area contributed by atoms with Crippen molar-refractivity contribution < 1.29 is 9.59 Å². The third-order valence-corrected chi connectivity index (χ3v) is 6.01. The predicted molar refractivity (Wildman–Crippen MR) is 127 cm³/mol. The summed E-state index contributed by atoms with van der Waals surface area (Å²) in [6.07, 6.45) is 0. The molecule has 0 radical (unpaired) electrons. The molecule has 4 nitrogen and oxygen atoms in total. The van der Waals surface area contributed by atoms with Crippen LogP contribution < -0.4 is 10.2 Å². The quantitative estimate of drug-likeness (QED) is 0.473. The summed E-state index contributed by atoms with van der Waals surface area (Å²) in [5.41, 5.74) is 4.93. The summed E-state index contributed by atoms with van der Waals surface area (Å²) >= 11 is 12.4. The number of aryl methyl sites for hydroxylation is 2. The summed E-state index contributed by atoms with van der Waals surface area (Å²) in [5.74, 6) is -0.841. The molecule has 3 aromatic rings. The van der Waals surface area contributed by atoms with Crippen molar-refractivity contribution in [3.8, 4) is 0 Å². The Hall–Kier alpha value is -3.08. The van der Waals surface area contributed by atoms with E-state index in [1.54, 1.807) is 30.3 Å². The number of carbonyl (C=O) groups is 2. The first-order valence-corrected chi connectivity index (χ1v) is 10.5. The van der Waals surface area contributed by atoms with Crippen molar-refractivity contribution in [3.63, 3.8) is 0 Å². The maximum absolute atomic E-state index is 13.6. The molecule has 1 aliphatic heterocycles. The van der Waals surface area contributed by atoms with Gasteiger partial charge >= 0.3 is 0 Å². The fourth-order valence-corrected chi connectivity index (χ4v) is 3.89. The average Bonchev–Trinajstić information content (AvgIpc) is 2.98. The van der Waals surface area contributed by atoms with Crippen LogP contribution in [0.25, 0.3) is 5.57 Å². The van der Waals surface area contributed by atoms with Gasteiger partial charge in [0.1, 0.15) is 5.70 Å². The topological polar surface area (TPSA) is 49.4 Å². The Morgan fingerprint density at radius 3 is 2.26 bits per heavy atom. The van der Waals surface area contributed by atoms with Gasteiger partial charge in [0.25, 0.3) is 11.8 Å². The molecule has 0 atom stereocenters. The molecular weight excluding hydrogens is 431 g/mol. The number of nitrogens with one attached hydrogen (secondary N) is 1. The van der Waals surface area contributed by atoms with Gasteiger partial charge in [0.2, 0.25) is 0 Å². The summed E-state index contributed by atoms with van der Waals surface area (Å²) in [5, 5.41) is 4.20. The monoisotopic (exact) mass is 450 g/mol. The highest BCUT2D eigenvalue weighted by molar-refractivity contribution is 6.46. The van der Waals surface area contributed by atoms with E-state index in [0.717, 1.165) is 16.7 Å². The SMILES string of the molecule is Cc1ccc(C2=C(Nc3cccc(Cl)c3C)C(=O)N(c3cc(Cl)ccc3C)C2=O)cc1. The lowest BCUT2D eigenvalue weighted by atomic mass is 10.0. The van der Waals surface area contributed by atoms with Crippen molar-refractivity contribution in [2.24, 2.45) is 0 Å².